The smallest absolute Gasteiger partial charge is 0.349 e. The van der Waals surface area contributed by atoms with Crippen LogP contribution in [-0.2, 0) is 4.79 Å². The van der Waals surface area contributed by atoms with Crippen molar-refractivity contribution in [2.45, 2.75) is 19.8 Å². The summed E-state index contributed by atoms with van der Waals surface area (Å²) in [6.45, 7) is 2.22. The van der Waals surface area contributed by atoms with E-state index in [1.165, 1.54) is 12.1 Å². The van der Waals surface area contributed by atoms with E-state index in [1.807, 2.05) is 13.0 Å². The molecule has 0 aliphatic heterocycles. The van der Waals surface area contributed by atoms with Gasteiger partial charge in [-0.1, -0.05) is 35.3 Å². The molecule has 1 heterocycles. The number of amides is 1. The van der Waals surface area contributed by atoms with Crippen molar-refractivity contribution < 1.29 is 23.5 Å². The number of ether oxygens (including phenoxy) is 2. The van der Waals surface area contributed by atoms with Crippen molar-refractivity contribution >= 4 is 38.8 Å². The van der Waals surface area contributed by atoms with E-state index < -0.39 is 17.5 Å². The van der Waals surface area contributed by atoms with Gasteiger partial charge in [-0.2, -0.15) is 0 Å². The number of rotatable bonds is 8. The zero-order valence-electron chi connectivity index (χ0n) is 16.3. The Morgan fingerprint density at radius 1 is 1.10 bits per heavy atom. The standard InChI is InChI=1S/C22H20BrNO6/c1-2-3-9-24-21(26)18-10-14-7-8-17(12-19(14)30-22(18)27)29-20(25)13-28-16-6-4-5-15(23)11-16/h4-8,10-12H,2-3,9,13H2,1H3,(H,24,26). The number of esters is 1. The van der Waals surface area contributed by atoms with Crippen LogP contribution in [0.25, 0.3) is 11.0 Å². The summed E-state index contributed by atoms with van der Waals surface area (Å²) in [4.78, 5) is 36.4. The first-order valence-corrected chi connectivity index (χ1v) is 10.2. The van der Waals surface area contributed by atoms with E-state index in [0.29, 0.717) is 17.7 Å². The predicted molar refractivity (Wildman–Crippen MR) is 115 cm³/mol. The summed E-state index contributed by atoms with van der Waals surface area (Å²) in [5.74, 6) is -0.355. The van der Waals surface area contributed by atoms with Crippen LogP contribution in [0.2, 0.25) is 0 Å². The summed E-state index contributed by atoms with van der Waals surface area (Å²) in [5.41, 5.74) is -0.605. The zero-order chi connectivity index (χ0) is 21.5. The van der Waals surface area contributed by atoms with E-state index in [0.717, 1.165) is 17.3 Å². The number of halogens is 1. The molecule has 1 N–H and O–H groups in total. The van der Waals surface area contributed by atoms with Gasteiger partial charge in [0.15, 0.2) is 6.61 Å². The monoisotopic (exact) mass is 473 g/mol. The summed E-state index contributed by atoms with van der Waals surface area (Å²) < 4.78 is 16.7. The van der Waals surface area contributed by atoms with E-state index in [2.05, 4.69) is 21.2 Å². The van der Waals surface area contributed by atoms with Gasteiger partial charge in [-0.25, -0.2) is 9.59 Å². The number of nitrogens with one attached hydrogen (secondary N) is 1. The van der Waals surface area contributed by atoms with Crippen molar-refractivity contribution in [2.24, 2.45) is 0 Å². The number of fused-ring (bicyclic) bond motifs is 1. The Bertz CT molecular complexity index is 1120. The molecule has 156 valence electrons. The van der Waals surface area contributed by atoms with Gasteiger partial charge in [0.25, 0.3) is 5.91 Å². The molecule has 8 heteroatoms. The van der Waals surface area contributed by atoms with Crippen molar-refractivity contribution in [3.05, 3.63) is 69.0 Å². The van der Waals surface area contributed by atoms with Gasteiger partial charge in [-0.15, -0.1) is 0 Å². The molecule has 0 bridgehead atoms. The third-order valence-corrected chi connectivity index (χ3v) is 4.65. The van der Waals surface area contributed by atoms with Crippen LogP contribution in [0.15, 0.2) is 62.2 Å². The van der Waals surface area contributed by atoms with Crippen LogP contribution in [0.5, 0.6) is 11.5 Å². The lowest BCUT2D eigenvalue weighted by Crippen LogP contribution is -2.28. The molecule has 0 saturated carbocycles. The molecule has 0 saturated heterocycles. The van der Waals surface area contributed by atoms with Crippen molar-refractivity contribution in [2.75, 3.05) is 13.2 Å². The number of benzene rings is 2. The normalized spacial score (nSPS) is 10.6. The fourth-order valence-corrected chi connectivity index (χ4v) is 3.03. The first-order chi connectivity index (χ1) is 14.5. The molecule has 0 aliphatic rings. The number of carbonyl (C=O) groups excluding carboxylic acids is 2. The Morgan fingerprint density at radius 2 is 1.93 bits per heavy atom. The van der Waals surface area contributed by atoms with Crippen molar-refractivity contribution in [1.29, 1.82) is 0 Å². The maximum absolute atomic E-state index is 12.2. The lowest BCUT2D eigenvalue weighted by molar-refractivity contribution is -0.136. The molecule has 0 unspecified atom stereocenters. The van der Waals surface area contributed by atoms with Gasteiger partial charge in [-0.3, -0.25) is 4.79 Å². The van der Waals surface area contributed by atoms with Gasteiger partial charge in [0.1, 0.15) is 22.6 Å². The third kappa shape index (κ3) is 5.70. The quantitative estimate of drug-likeness (QED) is 0.229. The largest absolute Gasteiger partial charge is 0.482 e. The molecule has 2 aromatic carbocycles. The van der Waals surface area contributed by atoms with Crippen molar-refractivity contribution in [3.63, 3.8) is 0 Å². The molecule has 3 aromatic rings. The van der Waals surface area contributed by atoms with E-state index in [-0.39, 0.29) is 23.5 Å². The molecular weight excluding hydrogens is 454 g/mol. The van der Waals surface area contributed by atoms with Crippen LogP contribution < -0.4 is 20.4 Å². The molecule has 0 spiro atoms. The van der Waals surface area contributed by atoms with Crippen LogP contribution in [0.3, 0.4) is 0 Å². The second kappa shape index (κ2) is 10.1. The van der Waals surface area contributed by atoms with Crippen LogP contribution in [-0.4, -0.2) is 25.0 Å². The maximum Gasteiger partial charge on any atom is 0.349 e. The Labute approximate surface area is 181 Å². The maximum atomic E-state index is 12.2. The van der Waals surface area contributed by atoms with Gasteiger partial charge in [-0.05, 0) is 42.8 Å². The van der Waals surface area contributed by atoms with Crippen LogP contribution in [0.1, 0.15) is 30.1 Å². The Balaban J connectivity index is 1.67. The molecule has 0 aliphatic carbocycles. The minimum Gasteiger partial charge on any atom is -0.482 e. The molecule has 30 heavy (non-hydrogen) atoms. The molecule has 0 atom stereocenters. The topological polar surface area (TPSA) is 94.8 Å². The van der Waals surface area contributed by atoms with Gasteiger partial charge >= 0.3 is 11.6 Å². The highest BCUT2D eigenvalue weighted by Crippen LogP contribution is 2.21. The summed E-state index contributed by atoms with van der Waals surface area (Å²) in [5, 5.41) is 3.23. The second-order valence-corrected chi connectivity index (χ2v) is 7.39. The molecule has 1 aromatic heterocycles. The molecule has 0 fully saturated rings. The Hall–Kier alpha value is -3.13. The minimum absolute atomic E-state index is 0.0641. The van der Waals surface area contributed by atoms with Gasteiger partial charge in [0, 0.05) is 22.5 Å². The Morgan fingerprint density at radius 3 is 2.70 bits per heavy atom. The molecule has 1 amide bonds. The molecular formula is C22H20BrNO6. The van der Waals surface area contributed by atoms with E-state index in [1.54, 1.807) is 30.3 Å². The number of hydrogen-bond acceptors (Lipinski definition) is 6. The SMILES string of the molecule is CCCCNC(=O)c1cc2ccc(OC(=O)COc3cccc(Br)c3)cc2oc1=O. The van der Waals surface area contributed by atoms with Gasteiger partial charge < -0.3 is 19.2 Å². The zero-order valence-corrected chi connectivity index (χ0v) is 17.9. The fraction of sp³-hybridized carbons (Fsp3) is 0.227. The minimum atomic E-state index is -0.752. The first-order valence-electron chi connectivity index (χ1n) is 9.41. The fourth-order valence-electron chi connectivity index (χ4n) is 2.65. The molecule has 0 radical (unpaired) electrons. The van der Waals surface area contributed by atoms with Gasteiger partial charge in [0.2, 0.25) is 0 Å². The van der Waals surface area contributed by atoms with Crippen LogP contribution in [0.4, 0.5) is 0 Å². The van der Waals surface area contributed by atoms with Gasteiger partial charge in [0.05, 0.1) is 0 Å². The third-order valence-electron chi connectivity index (χ3n) is 4.15. The average Bonchev–Trinajstić information content (AvgIpc) is 2.72. The van der Waals surface area contributed by atoms with E-state index >= 15 is 0 Å². The summed E-state index contributed by atoms with van der Waals surface area (Å²) >= 11 is 3.32. The van der Waals surface area contributed by atoms with Crippen LogP contribution in [0, 0.1) is 0 Å². The highest BCUT2D eigenvalue weighted by molar-refractivity contribution is 9.10. The summed E-state index contributed by atoms with van der Waals surface area (Å²) in [7, 11) is 0. The average molecular weight is 474 g/mol. The lowest BCUT2D eigenvalue weighted by Gasteiger charge is -2.08. The van der Waals surface area contributed by atoms with Crippen molar-refractivity contribution in [3.8, 4) is 11.5 Å². The Kier molecular flexibility index (Phi) is 7.24. The number of unbranched alkanes of at least 4 members (excludes halogenated alkanes) is 1. The highest BCUT2D eigenvalue weighted by Gasteiger charge is 2.14. The summed E-state index contributed by atoms with van der Waals surface area (Å²) in [6, 6.07) is 13.1. The number of hydrogen-bond donors (Lipinski definition) is 1. The van der Waals surface area contributed by atoms with E-state index in [4.69, 9.17) is 13.9 Å². The number of carbonyl (C=O) groups is 2. The van der Waals surface area contributed by atoms with E-state index in [9.17, 15) is 14.4 Å². The first kappa shape index (κ1) is 21.6. The van der Waals surface area contributed by atoms with Crippen molar-refractivity contribution in [1.82, 2.24) is 5.32 Å². The second-order valence-electron chi connectivity index (χ2n) is 6.48. The molecule has 7 nitrogen and oxygen atoms in total. The molecule has 3 rings (SSSR count). The highest BCUT2D eigenvalue weighted by atomic mass is 79.9. The van der Waals surface area contributed by atoms with Crippen LogP contribution >= 0.6 is 15.9 Å². The summed E-state index contributed by atoms with van der Waals surface area (Å²) in [6.07, 6.45) is 1.76. The predicted octanol–water partition coefficient (Wildman–Crippen LogP) is 4.07. The lowest BCUT2D eigenvalue weighted by atomic mass is 10.1.